The van der Waals surface area contributed by atoms with Crippen molar-refractivity contribution in [3.63, 3.8) is 0 Å². The van der Waals surface area contributed by atoms with Gasteiger partial charge < -0.3 is 10.4 Å². The fourth-order valence-corrected chi connectivity index (χ4v) is 3.44. The van der Waals surface area contributed by atoms with Crippen LogP contribution in [0.2, 0.25) is 0 Å². The predicted octanol–water partition coefficient (Wildman–Crippen LogP) is 4.63. The third kappa shape index (κ3) is 3.22. The lowest BCUT2D eigenvalue weighted by Gasteiger charge is -2.16. The van der Waals surface area contributed by atoms with Gasteiger partial charge in [0.25, 0.3) is 5.91 Å². The van der Waals surface area contributed by atoms with Crippen LogP contribution in [-0.2, 0) is 0 Å². The number of benzene rings is 3. The van der Waals surface area contributed by atoms with Gasteiger partial charge in [0.15, 0.2) is 5.75 Å². The monoisotopic (exact) mass is 356 g/mol. The van der Waals surface area contributed by atoms with E-state index in [2.05, 4.69) is 41.5 Å². The molecule has 0 aliphatic carbocycles. The van der Waals surface area contributed by atoms with E-state index in [-0.39, 0.29) is 23.1 Å². The Bertz CT molecular complexity index is 1130. The molecular formula is C23H20N2O2. The molecule has 4 rings (SSSR count). The van der Waals surface area contributed by atoms with E-state index in [9.17, 15) is 9.90 Å². The zero-order chi connectivity index (χ0) is 18.8. The number of hydrogen-bond donors (Lipinski definition) is 2. The summed E-state index contributed by atoms with van der Waals surface area (Å²) < 4.78 is 0. The van der Waals surface area contributed by atoms with E-state index >= 15 is 0 Å². The molecule has 0 spiro atoms. The standard InChI is InChI=1S/C23H20N2O2/c1-15(18-10-4-7-16-6-2-3-9-19(16)18)14-25-23(27)20-12-11-17-8-5-13-24-21(17)22(20)26/h2-13,15,26H,14H2,1H3,(H,25,27)/t15-/m1/s1. The molecule has 134 valence electrons. The molecule has 0 aliphatic rings. The predicted molar refractivity (Wildman–Crippen MR) is 108 cm³/mol. The maximum atomic E-state index is 12.6. The van der Waals surface area contributed by atoms with Crippen molar-refractivity contribution >= 4 is 27.6 Å². The van der Waals surface area contributed by atoms with E-state index in [1.807, 2.05) is 24.3 Å². The van der Waals surface area contributed by atoms with E-state index in [4.69, 9.17) is 0 Å². The summed E-state index contributed by atoms with van der Waals surface area (Å²) >= 11 is 0. The number of hydrogen-bond acceptors (Lipinski definition) is 3. The summed E-state index contributed by atoms with van der Waals surface area (Å²) in [4.78, 5) is 16.8. The molecule has 0 unspecified atom stereocenters. The van der Waals surface area contributed by atoms with E-state index in [0.717, 1.165) is 5.39 Å². The third-order valence-corrected chi connectivity index (χ3v) is 4.92. The molecule has 1 atom stereocenters. The van der Waals surface area contributed by atoms with Crippen LogP contribution in [0.15, 0.2) is 72.9 Å². The van der Waals surface area contributed by atoms with Crippen LogP contribution in [-0.4, -0.2) is 22.5 Å². The number of amides is 1. The van der Waals surface area contributed by atoms with Gasteiger partial charge in [0.05, 0.1) is 5.56 Å². The first-order valence-corrected chi connectivity index (χ1v) is 8.97. The van der Waals surface area contributed by atoms with Crippen LogP contribution >= 0.6 is 0 Å². The van der Waals surface area contributed by atoms with Gasteiger partial charge in [-0.2, -0.15) is 0 Å². The molecule has 1 heterocycles. The molecule has 4 nitrogen and oxygen atoms in total. The van der Waals surface area contributed by atoms with E-state index in [1.54, 1.807) is 24.4 Å². The number of aromatic nitrogens is 1. The normalized spacial score (nSPS) is 12.2. The summed E-state index contributed by atoms with van der Waals surface area (Å²) in [5, 5.41) is 16.5. The van der Waals surface area contributed by atoms with Gasteiger partial charge in [0.2, 0.25) is 0 Å². The van der Waals surface area contributed by atoms with Crippen molar-refractivity contribution in [3.8, 4) is 5.75 Å². The summed E-state index contributed by atoms with van der Waals surface area (Å²) in [6, 6.07) is 21.5. The largest absolute Gasteiger partial charge is 0.505 e. The number of phenols is 1. The highest BCUT2D eigenvalue weighted by atomic mass is 16.3. The van der Waals surface area contributed by atoms with Gasteiger partial charge in [-0.3, -0.25) is 9.78 Å². The quantitative estimate of drug-likeness (QED) is 0.560. The van der Waals surface area contributed by atoms with Gasteiger partial charge in [-0.1, -0.05) is 61.5 Å². The lowest BCUT2D eigenvalue weighted by atomic mass is 9.94. The lowest BCUT2D eigenvalue weighted by Crippen LogP contribution is -2.27. The molecule has 3 aromatic carbocycles. The van der Waals surface area contributed by atoms with Crippen molar-refractivity contribution in [2.24, 2.45) is 0 Å². The molecule has 27 heavy (non-hydrogen) atoms. The molecule has 1 aromatic heterocycles. The number of phenolic OH excluding ortho intramolecular Hbond substituents is 1. The molecule has 0 aliphatic heterocycles. The second-order valence-corrected chi connectivity index (χ2v) is 6.72. The highest BCUT2D eigenvalue weighted by Crippen LogP contribution is 2.28. The van der Waals surface area contributed by atoms with Gasteiger partial charge in [0, 0.05) is 18.1 Å². The first-order chi connectivity index (χ1) is 13.1. The maximum absolute atomic E-state index is 12.6. The second-order valence-electron chi connectivity index (χ2n) is 6.72. The molecule has 1 amide bonds. The average Bonchev–Trinajstić information content (AvgIpc) is 2.72. The zero-order valence-corrected chi connectivity index (χ0v) is 15.0. The Morgan fingerprint density at radius 1 is 1.00 bits per heavy atom. The Balaban J connectivity index is 1.55. The number of aromatic hydroxyl groups is 1. The Morgan fingerprint density at radius 3 is 2.67 bits per heavy atom. The molecule has 0 saturated carbocycles. The summed E-state index contributed by atoms with van der Waals surface area (Å²) in [5.41, 5.74) is 1.87. The third-order valence-electron chi connectivity index (χ3n) is 4.92. The Hall–Kier alpha value is -3.40. The summed E-state index contributed by atoms with van der Waals surface area (Å²) in [7, 11) is 0. The summed E-state index contributed by atoms with van der Waals surface area (Å²) in [5.74, 6) is -0.240. The first kappa shape index (κ1) is 17.0. The Morgan fingerprint density at radius 2 is 1.78 bits per heavy atom. The van der Waals surface area contributed by atoms with Gasteiger partial charge in [-0.25, -0.2) is 0 Å². The van der Waals surface area contributed by atoms with Crippen molar-refractivity contribution < 1.29 is 9.90 Å². The highest BCUT2D eigenvalue weighted by molar-refractivity contribution is 6.02. The van der Waals surface area contributed by atoms with Crippen molar-refractivity contribution in [1.29, 1.82) is 0 Å². The molecule has 4 aromatic rings. The zero-order valence-electron chi connectivity index (χ0n) is 15.0. The number of carbonyl (C=O) groups excluding carboxylic acids is 1. The minimum Gasteiger partial charge on any atom is -0.505 e. The maximum Gasteiger partial charge on any atom is 0.255 e. The van der Waals surface area contributed by atoms with Crippen LogP contribution in [0.4, 0.5) is 0 Å². The SMILES string of the molecule is C[C@H](CNC(=O)c1ccc2cccnc2c1O)c1cccc2ccccc12. The van der Waals surface area contributed by atoms with E-state index in [0.29, 0.717) is 12.1 Å². The minimum atomic E-state index is -0.299. The van der Waals surface area contributed by atoms with Crippen LogP contribution < -0.4 is 5.32 Å². The number of rotatable bonds is 4. The lowest BCUT2D eigenvalue weighted by molar-refractivity contribution is 0.0949. The van der Waals surface area contributed by atoms with Crippen LogP contribution in [0.3, 0.4) is 0 Å². The van der Waals surface area contributed by atoms with Crippen molar-refractivity contribution in [2.45, 2.75) is 12.8 Å². The smallest absolute Gasteiger partial charge is 0.255 e. The fourth-order valence-electron chi connectivity index (χ4n) is 3.44. The number of nitrogens with one attached hydrogen (secondary N) is 1. The van der Waals surface area contributed by atoms with Crippen LogP contribution in [0.5, 0.6) is 5.75 Å². The van der Waals surface area contributed by atoms with Crippen LogP contribution in [0.1, 0.15) is 28.8 Å². The molecule has 4 heteroatoms. The number of carbonyl (C=O) groups is 1. The molecule has 0 bridgehead atoms. The van der Waals surface area contributed by atoms with Crippen molar-refractivity contribution in [1.82, 2.24) is 10.3 Å². The number of fused-ring (bicyclic) bond motifs is 2. The van der Waals surface area contributed by atoms with Crippen LogP contribution in [0, 0.1) is 0 Å². The molecule has 0 radical (unpaired) electrons. The second kappa shape index (κ2) is 7.08. The van der Waals surface area contributed by atoms with Gasteiger partial charge in [-0.05, 0) is 34.4 Å². The van der Waals surface area contributed by atoms with Crippen LogP contribution in [0.25, 0.3) is 21.7 Å². The number of nitrogens with zero attached hydrogens (tertiary/aromatic N) is 1. The molecule has 2 N–H and O–H groups in total. The molecule has 0 saturated heterocycles. The van der Waals surface area contributed by atoms with Crippen molar-refractivity contribution in [3.05, 3.63) is 84.1 Å². The Kier molecular flexibility index (Phi) is 4.47. The molecule has 0 fully saturated rings. The summed E-state index contributed by atoms with van der Waals surface area (Å²) in [6.07, 6.45) is 1.60. The first-order valence-electron chi connectivity index (χ1n) is 8.97. The minimum absolute atomic E-state index is 0.0802. The van der Waals surface area contributed by atoms with Gasteiger partial charge >= 0.3 is 0 Å². The van der Waals surface area contributed by atoms with Gasteiger partial charge in [-0.15, -0.1) is 0 Å². The van der Waals surface area contributed by atoms with Gasteiger partial charge in [0.1, 0.15) is 5.52 Å². The van der Waals surface area contributed by atoms with E-state index in [1.165, 1.54) is 16.3 Å². The van der Waals surface area contributed by atoms with Crippen molar-refractivity contribution in [2.75, 3.05) is 6.54 Å². The summed E-state index contributed by atoms with van der Waals surface area (Å²) in [6.45, 7) is 2.57. The topological polar surface area (TPSA) is 62.2 Å². The highest BCUT2D eigenvalue weighted by Gasteiger charge is 2.16. The number of pyridine rings is 1. The van der Waals surface area contributed by atoms with E-state index < -0.39 is 0 Å². The Labute approximate surface area is 157 Å². The molecular weight excluding hydrogens is 336 g/mol. The fraction of sp³-hybridized carbons (Fsp3) is 0.130. The average molecular weight is 356 g/mol.